The summed E-state index contributed by atoms with van der Waals surface area (Å²) in [4.78, 5) is 50.9. The first-order valence-corrected chi connectivity index (χ1v) is 15.4. The number of carbonyl (C=O) groups is 4. The molecule has 3 rings (SSSR count). The number of esters is 1. The van der Waals surface area contributed by atoms with Crippen LogP contribution in [0.3, 0.4) is 0 Å². The minimum absolute atomic E-state index is 0.0201. The van der Waals surface area contributed by atoms with Crippen LogP contribution in [0.15, 0.2) is 59.0 Å². The molecule has 0 aliphatic heterocycles. The van der Waals surface area contributed by atoms with Gasteiger partial charge in [0.15, 0.2) is 0 Å². The van der Waals surface area contributed by atoms with Crippen molar-refractivity contribution in [3.63, 3.8) is 0 Å². The van der Waals surface area contributed by atoms with Gasteiger partial charge in [-0.2, -0.15) is 4.36 Å². The molecule has 2 amide bonds. The molecule has 0 saturated carbocycles. The molecule has 0 radical (unpaired) electrons. The van der Waals surface area contributed by atoms with E-state index in [2.05, 4.69) is 9.68 Å². The number of anilines is 1. The molecule has 2 N–H and O–H groups in total. The van der Waals surface area contributed by atoms with E-state index < -0.39 is 39.0 Å². The minimum Gasteiger partial charge on any atom is -0.478 e. The van der Waals surface area contributed by atoms with Gasteiger partial charge < -0.3 is 15.2 Å². The van der Waals surface area contributed by atoms with Gasteiger partial charge in [0.25, 0.3) is 11.8 Å². The number of amides is 2. The van der Waals surface area contributed by atoms with Crippen molar-refractivity contribution in [1.29, 1.82) is 0 Å². The minimum atomic E-state index is -2.81. The summed E-state index contributed by atoms with van der Waals surface area (Å²) >= 11 is 12.4. The molecule has 0 aliphatic carbocycles. The number of aromatic carboxylic acids is 1. The zero-order chi connectivity index (χ0) is 30.5. The lowest BCUT2D eigenvalue weighted by atomic mass is 10.0. The topological polar surface area (TPSA) is 139 Å². The molecule has 3 aromatic carbocycles. The van der Waals surface area contributed by atoms with Crippen LogP contribution in [0.25, 0.3) is 11.1 Å². The highest BCUT2D eigenvalue weighted by atomic mass is 35.5. The molecule has 41 heavy (non-hydrogen) atoms. The summed E-state index contributed by atoms with van der Waals surface area (Å²) in [7, 11) is -2.81. The number of hydrogen-bond donors (Lipinski definition) is 2. The highest BCUT2D eigenvalue weighted by Gasteiger charge is 2.23. The second kappa shape index (κ2) is 13.3. The van der Waals surface area contributed by atoms with E-state index >= 15 is 0 Å². The van der Waals surface area contributed by atoms with Crippen molar-refractivity contribution in [1.82, 2.24) is 0 Å². The molecule has 0 heterocycles. The number of halogens is 2. The molecule has 0 aromatic heterocycles. The van der Waals surface area contributed by atoms with Gasteiger partial charge in [0, 0.05) is 43.4 Å². The van der Waals surface area contributed by atoms with Gasteiger partial charge in [-0.3, -0.25) is 9.59 Å². The molecule has 0 saturated heterocycles. The fraction of sp³-hybridized carbons (Fsp3) is 0.241. The van der Waals surface area contributed by atoms with Crippen molar-refractivity contribution in [3.05, 3.63) is 86.9 Å². The standard InChI is InChI=1S/C29H28Cl2N2O7S/c1-16(2)11-12-40-29(38)22-9-5-17(20-10-7-19(30)15-24(20)31)14-25(22)32-27(35)23-13-18(6-8-21(23)28(36)37)26(34)33-41(3,4)39/h5-10,13-16H,11-12H2,1-4H3,(H,32,35)(H,36,37). The zero-order valence-electron chi connectivity index (χ0n) is 22.7. The number of carboxylic acid groups (broad SMARTS) is 1. The molecular formula is C29H28Cl2N2O7S. The van der Waals surface area contributed by atoms with E-state index in [0.717, 1.165) is 12.1 Å². The molecule has 12 heteroatoms. The first-order chi connectivity index (χ1) is 19.2. The van der Waals surface area contributed by atoms with Crippen LogP contribution in [0.2, 0.25) is 10.0 Å². The Balaban J connectivity index is 2.09. The Bertz CT molecular complexity index is 1650. The molecule has 0 unspecified atom stereocenters. The number of carbonyl (C=O) groups excluding carboxylic acids is 3. The molecule has 0 bridgehead atoms. The van der Waals surface area contributed by atoms with Crippen molar-refractivity contribution in [2.75, 3.05) is 24.4 Å². The maximum Gasteiger partial charge on any atom is 0.340 e. The Labute approximate surface area is 248 Å². The van der Waals surface area contributed by atoms with Crippen LogP contribution in [0.1, 0.15) is 61.7 Å². The summed E-state index contributed by atoms with van der Waals surface area (Å²) < 4.78 is 21.0. The van der Waals surface area contributed by atoms with Crippen molar-refractivity contribution in [3.8, 4) is 11.1 Å². The first kappa shape index (κ1) is 31.8. The summed E-state index contributed by atoms with van der Waals surface area (Å²) in [6.45, 7) is 4.12. The highest BCUT2D eigenvalue weighted by Crippen LogP contribution is 2.33. The summed E-state index contributed by atoms with van der Waals surface area (Å²) in [5, 5.41) is 13.0. The third kappa shape index (κ3) is 8.63. The van der Waals surface area contributed by atoms with Crippen LogP contribution in [0.5, 0.6) is 0 Å². The van der Waals surface area contributed by atoms with Crippen molar-refractivity contribution < 1.29 is 33.2 Å². The lowest BCUT2D eigenvalue weighted by Gasteiger charge is -2.15. The Kier molecular flexibility index (Phi) is 10.3. The molecule has 3 aromatic rings. The predicted molar refractivity (Wildman–Crippen MR) is 160 cm³/mol. The van der Waals surface area contributed by atoms with Gasteiger partial charge in [-0.15, -0.1) is 0 Å². The Hall–Kier alpha value is -3.73. The monoisotopic (exact) mass is 618 g/mol. The molecular weight excluding hydrogens is 591 g/mol. The van der Waals surface area contributed by atoms with E-state index in [9.17, 15) is 28.5 Å². The molecule has 9 nitrogen and oxygen atoms in total. The number of ether oxygens (including phenoxy) is 1. The normalized spacial score (nSPS) is 11.2. The van der Waals surface area contributed by atoms with Gasteiger partial charge in [0.2, 0.25) is 0 Å². The Morgan fingerprint density at radius 3 is 2.24 bits per heavy atom. The van der Waals surface area contributed by atoms with E-state index in [1.54, 1.807) is 24.3 Å². The average molecular weight is 620 g/mol. The summed E-state index contributed by atoms with van der Waals surface area (Å²) in [5.74, 6) is -3.62. The number of nitrogens with one attached hydrogen (secondary N) is 1. The van der Waals surface area contributed by atoms with Gasteiger partial charge >= 0.3 is 11.9 Å². The van der Waals surface area contributed by atoms with Gasteiger partial charge in [-0.05, 0) is 60.4 Å². The predicted octanol–water partition coefficient (Wildman–Crippen LogP) is 6.68. The van der Waals surface area contributed by atoms with Crippen LogP contribution in [0, 0.1) is 5.92 Å². The van der Waals surface area contributed by atoms with E-state index in [4.69, 9.17) is 27.9 Å². The summed E-state index contributed by atoms with van der Waals surface area (Å²) in [5.41, 5.74) is 0.239. The van der Waals surface area contributed by atoms with Gasteiger partial charge in [-0.25, -0.2) is 13.8 Å². The fourth-order valence-electron chi connectivity index (χ4n) is 3.68. The Morgan fingerprint density at radius 2 is 1.63 bits per heavy atom. The van der Waals surface area contributed by atoms with E-state index in [1.165, 1.54) is 30.7 Å². The maximum absolute atomic E-state index is 13.5. The first-order valence-electron chi connectivity index (χ1n) is 12.3. The third-order valence-electron chi connectivity index (χ3n) is 5.70. The van der Waals surface area contributed by atoms with E-state index in [0.29, 0.717) is 33.5 Å². The van der Waals surface area contributed by atoms with Gasteiger partial charge in [0.05, 0.1) is 29.0 Å². The van der Waals surface area contributed by atoms with Crippen LogP contribution in [-0.2, 0) is 14.5 Å². The van der Waals surface area contributed by atoms with Gasteiger partial charge in [0.1, 0.15) is 0 Å². The second-order valence-corrected chi connectivity index (χ2v) is 13.2. The van der Waals surface area contributed by atoms with Crippen molar-refractivity contribution in [2.45, 2.75) is 20.3 Å². The lowest BCUT2D eigenvalue weighted by Crippen LogP contribution is -2.20. The molecule has 216 valence electrons. The SMILES string of the molecule is CC(C)CCOC(=O)c1ccc(-c2ccc(Cl)cc2Cl)cc1NC(=O)c1cc(C(=O)N=S(C)(C)=O)ccc1C(=O)O. The molecule has 0 atom stereocenters. The van der Waals surface area contributed by atoms with Crippen molar-refractivity contribution in [2.24, 2.45) is 10.3 Å². The fourth-order valence-corrected chi connectivity index (χ4v) is 4.70. The molecule has 0 fully saturated rings. The highest BCUT2D eigenvalue weighted by molar-refractivity contribution is 7.92. The summed E-state index contributed by atoms with van der Waals surface area (Å²) in [6, 6.07) is 12.7. The second-order valence-electron chi connectivity index (χ2n) is 9.80. The van der Waals surface area contributed by atoms with E-state index in [1.807, 2.05) is 13.8 Å². The molecule has 0 spiro atoms. The van der Waals surface area contributed by atoms with Crippen LogP contribution >= 0.6 is 23.2 Å². The quantitative estimate of drug-likeness (QED) is 0.255. The van der Waals surface area contributed by atoms with Crippen molar-refractivity contribution >= 4 is 62.4 Å². The third-order valence-corrected chi connectivity index (χ3v) is 6.86. The number of carboxylic acids is 1. The number of hydrogen-bond acceptors (Lipinski definition) is 6. The maximum atomic E-state index is 13.5. The van der Waals surface area contributed by atoms with Crippen LogP contribution < -0.4 is 5.32 Å². The van der Waals surface area contributed by atoms with Crippen LogP contribution in [-0.4, -0.2) is 52.2 Å². The largest absolute Gasteiger partial charge is 0.478 e. The van der Waals surface area contributed by atoms with Crippen LogP contribution in [0.4, 0.5) is 5.69 Å². The smallest absolute Gasteiger partial charge is 0.340 e. The lowest BCUT2D eigenvalue weighted by molar-refractivity contribution is 0.0488. The molecule has 0 aliphatic rings. The number of rotatable bonds is 9. The summed E-state index contributed by atoms with van der Waals surface area (Å²) in [6.07, 6.45) is 3.17. The average Bonchev–Trinajstić information content (AvgIpc) is 2.87. The van der Waals surface area contributed by atoms with Gasteiger partial charge in [-0.1, -0.05) is 49.2 Å². The number of benzene rings is 3. The Morgan fingerprint density at radius 1 is 0.951 bits per heavy atom. The van der Waals surface area contributed by atoms with E-state index in [-0.39, 0.29) is 29.0 Å². The zero-order valence-corrected chi connectivity index (χ0v) is 25.0. The number of nitrogens with zero attached hydrogens (tertiary/aromatic N) is 1.